The van der Waals surface area contributed by atoms with Gasteiger partial charge in [0.15, 0.2) is 4.80 Å². The average Bonchev–Trinajstić information content (AvgIpc) is 2.94. The fourth-order valence-corrected chi connectivity index (χ4v) is 3.95. The molecule has 7 heteroatoms. The zero-order valence-corrected chi connectivity index (χ0v) is 16.4. The SMILES string of the molecule is C=CCn1c(=NC(=O)c2cc(Cl)ccc2Cl)sc2cc(OCC)ccc21. The minimum atomic E-state index is -0.438. The van der Waals surface area contributed by atoms with E-state index in [0.717, 1.165) is 16.0 Å². The number of rotatable bonds is 5. The van der Waals surface area contributed by atoms with Crippen LogP contribution in [-0.4, -0.2) is 17.1 Å². The van der Waals surface area contributed by atoms with Crippen molar-refractivity contribution in [3.63, 3.8) is 0 Å². The Morgan fingerprint density at radius 1 is 1.31 bits per heavy atom. The molecular formula is C19H16Cl2N2O2S. The van der Waals surface area contributed by atoms with Gasteiger partial charge in [-0.2, -0.15) is 4.99 Å². The summed E-state index contributed by atoms with van der Waals surface area (Å²) in [5, 5.41) is 0.753. The van der Waals surface area contributed by atoms with Crippen molar-refractivity contribution in [1.29, 1.82) is 0 Å². The van der Waals surface area contributed by atoms with Gasteiger partial charge in [-0.15, -0.1) is 6.58 Å². The maximum absolute atomic E-state index is 12.6. The smallest absolute Gasteiger partial charge is 0.281 e. The van der Waals surface area contributed by atoms with Crippen molar-refractivity contribution in [2.45, 2.75) is 13.5 Å². The van der Waals surface area contributed by atoms with Gasteiger partial charge in [-0.3, -0.25) is 4.79 Å². The molecule has 2 aromatic carbocycles. The number of hydrogen-bond donors (Lipinski definition) is 0. The number of amides is 1. The molecule has 0 spiro atoms. The van der Waals surface area contributed by atoms with Crippen molar-refractivity contribution in [3.05, 3.63) is 69.5 Å². The quantitative estimate of drug-likeness (QED) is 0.536. The number of aromatic nitrogens is 1. The number of hydrogen-bond acceptors (Lipinski definition) is 3. The molecule has 0 fully saturated rings. The molecule has 3 rings (SSSR count). The van der Waals surface area contributed by atoms with Gasteiger partial charge in [0.05, 0.1) is 27.4 Å². The molecule has 1 heterocycles. The maximum atomic E-state index is 12.6. The third-order valence-corrected chi connectivity index (χ3v) is 5.24. The molecular weight excluding hydrogens is 391 g/mol. The highest BCUT2D eigenvalue weighted by molar-refractivity contribution is 7.16. The second-order valence-corrected chi connectivity index (χ2v) is 7.24. The Balaban J connectivity index is 2.14. The van der Waals surface area contributed by atoms with Crippen LogP contribution in [0.2, 0.25) is 10.0 Å². The molecule has 4 nitrogen and oxygen atoms in total. The van der Waals surface area contributed by atoms with Crippen LogP contribution in [0.4, 0.5) is 0 Å². The third-order valence-electron chi connectivity index (χ3n) is 3.63. The number of thiazole rings is 1. The van der Waals surface area contributed by atoms with Gasteiger partial charge in [0, 0.05) is 11.6 Å². The second-order valence-electron chi connectivity index (χ2n) is 5.39. The van der Waals surface area contributed by atoms with Crippen LogP contribution in [-0.2, 0) is 6.54 Å². The monoisotopic (exact) mass is 406 g/mol. The largest absolute Gasteiger partial charge is 0.494 e. The standard InChI is InChI=1S/C19H16Cl2N2O2S/c1-3-9-23-16-8-6-13(25-4-2)11-17(16)26-19(23)22-18(24)14-10-12(20)5-7-15(14)21/h3,5-8,10-11H,1,4,9H2,2H3. The fourth-order valence-electron chi connectivity index (χ4n) is 2.51. The first kappa shape index (κ1) is 18.7. The van der Waals surface area contributed by atoms with Crippen LogP contribution in [0.25, 0.3) is 10.2 Å². The summed E-state index contributed by atoms with van der Waals surface area (Å²) in [6.07, 6.45) is 1.76. The number of carbonyl (C=O) groups excluding carboxylic acids is 1. The molecule has 0 saturated heterocycles. The number of carbonyl (C=O) groups is 1. The fraction of sp³-hybridized carbons (Fsp3) is 0.158. The molecule has 0 aliphatic rings. The first-order chi connectivity index (χ1) is 12.5. The summed E-state index contributed by atoms with van der Waals surface area (Å²) in [6, 6.07) is 10.5. The summed E-state index contributed by atoms with van der Waals surface area (Å²) in [5.74, 6) is 0.342. The lowest BCUT2D eigenvalue weighted by Gasteiger charge is -2.04. The van der Waals surface area contributed by atoms with Gasteiger partial charge in [0.1, 0.15) is 5.75 Å². The Hall–Kier alpha value is -2.08. The lowest BCUT2D eigenvalue weighted by Crippen LogP contribution is -2.16. The topological polar surface area (TPSA) is 43.6 Å². The van der Waals surface area contributed by atoms with Gasteiger partial charge < -0.3 is 9.30 Å². The molecule has 0 aliphatic heterocycles. The molecule has 26 heavy (non-hydrogen) atoms. The van der Waals surface area contributed by atoms with E-state index in [2.05, 4.69) is 11.6 Å². The number of fused-ring (bicyclic) bond motifs is 1. The number of benzene rings is 2. The highest BCUT2D eigenvalue weighted by atomic mass is 35.5. The van der Waals surface area contributed by atoms with Crippen LogP contribution in [0.5, 0.6) is 5.75 Å². The van der Waals surface area contributed by atoms with Crippen LogP contribution in [0.15, 0.2) is 54.0 Å². The van der Waals surface area contributed by atoms with Gasteiger partial charge in [-0.25, -0.2) is 0 Å². The van der Waals surface area contributed by atoms with Crippen molar-refractivity contribution < 1.29 is 9.53 Å². The highest BCUT2D eigenvalue weighted by Gasteiger charge is 2.12. The normalized spacial score (nSPS) is 11.7. The molecule has 0 unspecified atom stereocenters. The van der Waals surface area contributed by atoms with Crippen LogP contribution in [0, 0.1) is 0 Å². The summed E-state index contributed by atoms with van der Waals surface area (Å²) in [4.78, 5) is 17.5. The van der Waals surface area contributed by atoms with Crippen molar-refractivity contribution in [2.75, 3.05) is 6.61 Å². The van der Waals surface area contributed by atoms with E-state index in [9.17, 15) is 4.79 Å². The van der Waals surface area contributed by atoms with E-state index in [4.69, 9.17) is 27.9 Å². The van der Waals surface area contributed by atoms with Crippen molar-refractivity contribution in [3.8, 4) is 5.75 Å². The first-order valence-corrected chi connectivity index (χ1v) is 9.52. The Labute approximate surface area is 165 Å². The summed E-state index contributed by atoms with van der Waals surface area (Å²) in [5.41, 5.74) is 1.24. The summed E-state index contributed by atoms with van der Waals surface area (Å²) >= 11 is 13.5. The van der Waals surface area contributed by atoms with Crippen LogP contribution in [0.1, 0.15) is 17.3 Å². The second kappa shape index (κ2) is 8.08. The van der Waals surface area contributed by atoms with E-state index in [1.165, 1.54) is 17.4 Å². The molecule has 0 bridgehead atoms. The Kier molecular flexibility index (Phi) is 5.81. The van der Waals surface area contributed by atoms with Gasteiger partial charge in [-0.05, 0) is 43.3 Å². The van der Waals surface area contributed by atoms with Crippen molar-refractivity contribution in [1.82, 2.24) is 4.57 Å². The molecule has 134 valence electrons. The number of ether oxygens (including phenoxy) is 1. The van der Waals surface area contributed by atoms with Crippen molar-refractivity contribution >= 4 is 50.7 Å². The zero-order valence-electron chi connectivity index (χ0n) is 14.0. The van der Waals surface area contributed by atoms with Crippen LogP contribution < -0.4 is 9.54 Å². The first-order valence-electron chi connectivity index (χ1n) is 7.94. The van der Waals surface area contributed by atoms with Crippen LogP contribution >= 0.6 is 34.5 Å². The number of halogens is 2. The molecule has 0 atom stereocenters. The predicted molar refractivity (Wildman–Crippen MR) is 108 cm³/mol. The van der Waals surface area contributed by atoms with E-state index >= 15 is 0 Å². The predicted octanol–water partition coefficient (Wildman–Crippen LogP) is 5.34. The van der Waals surface area contributed by atoms with E-state index in [1.807, 2.05) is 29.7 Å². The molecule has 3 aromatic rings. The third kappa shape index (κ3) is 3.85. The molecule has 0 radical (unpaired) electrons. The molecule has 0 aliphatic carbocycles. The lowest BCUT2D eigenvalue weighted by atomic mass is 10.2. The van der Waals surface area contributed by atoms with Gasteiger partial charge in [-0.1, -0.05) is 40.6 Å². The van der Waals surface area contributed by atoms with E-state index in [1.54, 1.807) is 18.2 Å². The Morgan fingerprint density at radius 3 is 2.85 bits per heavy atom. The minimum Gasteiger partial charge on any atom is -0.494 e. The molecule has 1 aromatic heterocycles. The maximum Gasteiger partial charge on any atom is 0.281 e. The van der Waals surface area contributed by atoms with Crippen molar-refractivity contribution in [2.24, 2.45) is 4.99 Å². The lowest BCUT2D eigenvalue weighted by molar-refractivity contribution is 0.0998. The molecule has 0 saturated carbocycles. The molecule has 1 amide bonds. The summed E-state index contributed by atoms with van der Waals surface area (Å²) in [7, 11) is 0. The van der Waals surface area contributed by atoms with Crippen LogP contribution in [0.3, 0.4) is 0 Å². The van der Waals surface area contributed by atoms with Gasteiger partial charge in [0.25, 0.3) is 5.91 Å². The number of allylic oxidation sites excluding steroid dienone is 1. The Bertz CT molecular complexity index is 1050. The van der Waals surface area contributed by atoms with E-state index < -0.39 is 5.91 Å². The van der Waals surface area contributed by atoms with E-state index in [0.29, 0.717) is 28.0 Å². The van der Waals surface area contributed by atoms with Gasteiger partial charge in [0.2, 0.25) is 0 Å². The highest BCUT2D eigenvalue weighted by Crippen LogP contribution is 2.24. The summed E-state index contributed by atoms with van der Waals surface area (Å²) in [6.45, 7) is 6.84. The Morgan fingerprint density at radius 2 is 2.12 bits per heavy atom. The zero-order chi connectivity index (χ0) is 18.7. The number of nitrogens with zero attached hydrogens (tertiary/aromatic N) is 2. The van der Waals surface area contributed by atoms with E-state index in [-0.39, 0.29) is 5.56 Å². The summed E-state index contributed by atoms with van der Waals surface area (Å²) < 4.78 is 8.45. The van der Waals surface area contributed by atoms with Gasteiger partial charge >= 0.3 is 0 Å². The minimum absolute atomic E-state index is 0.275. The average molecular weight is 407 g/mol. The molecule has 0 N–H and O–H groups in total.